The minimum Gasteiger partial charge on any atom is -0.491 e. The molecule has 1 unspecified atom stereocenters. The van der Waals surface area contributed by atoms with E-state index in [1.807, 2.05) is 19.1 Å². The highest BCUT2D eigenvalue weighted by Gasteiger charge is 2.19. The van der Waals surface area contributed by atoms with Crippen LogP contribution in [0, 0.1) is 0 Å². The van der Waals surface area contributed by atoms with Crippen LogP contribution in [0.25, 0.3) is 0 Å². The fraction of sp³-hybridized carbons (Fsp3) is 0.600. The van der Waals surface area contributed by atoms with Crippen LogP contribution in [-0.4, -0.2) is 37.1 Å². The molecule has 0 aliphatic heterocycles. The first-order chi connectivity index (χ1) is 9.28. The van der Waals surface area contributed by atoms with Gasteiger partial charge in [0.05, 0.1) is 6.61 Å². The van der Waals surface area contributed by atoms with Gasteiger partial charge < -0.3 is 19.9 Å². The molecule has 2 N–H and O–H groups in total. The summed E-state index contributed by atoms with van der Waals surface area (Å²) < 4.78 is 10.6. The second-order valence-electron chi connectivity index (χ2n) is 4.92. The van der Waals surface area contributed by atoms with Crippen LogP contribution in [0.5, 0.6) is 5.75 Å². The molecule has 4 heteroatoms. The molecule has 1 aliphatic rings. The lowest BCUT2D eigenvalue weighted by molar-refractivity contribution is 0.0164. The van der Waals surface area contributed by atoms with E-state index in [2.05, 4.69) is 17.4 Å². The van der Waals surface area contributed by atoms with Crippen LogP contribution in [0.2, 0.25) is 0 Å². The first-order valence-corrected chi connectivity index (χ1v) is 6.99. The highest BCUT2D eigenvalue weighted by molar-refractivity contribution is 5.27. The van der Waals surface area contributed by atoms with E-state index in [0.29, 0.717) is 13.2 Å². The first kappa shape index (κ1) is 14.3. The summed E-state index contributed by atoms with van der Waals surface area (Å²) in [6, 6.07) is 8.72. The van der Waals surface area contributed by atoms with Crippen LogP contribution in [0.3, 0.4) is 0 Å². The average molecular weight is 265 g/mol. The molecule has 106 valence electrons. The van der Waals surface area contributed by atoms with Crippen molar-refractivity contribution in [3.05, 3.63) is 29.8 Å². The Bertz CT molecular complexity index is 362. The van der Waals surface area contributed by atoms with Crippen LogP contribution in [0.4, 0.5) is 0 Å². The van der Waals surface area contributed by atoms with Crippen molar-refractivity contribution in [1.29, 1.82) is 0 Å². The lowest BCUT2D eigenvalue weighted by atomic mass is 10.2. The molecule has 1 aliphatic carbocycles. The number of aliphatic hydroxyl groups is 1. The third-order valence-corrected chi connectivity index (χ3v) is 3.05. The molecular formula is C15H23NO3. The fourth-order valence-corrected chi connectivity index (χ4v) is 1.75. The molecule has 1 atom stereocenters. The van der Waals surface area contributed by atoms with Gasteiger partial charge in [0.1, 0.15) is 18.5 Å². The summed E-state index contributed by atoms with van der Waals surface area (Å²) in [7, 11) is 0. The van der Waals surface area contributed by atoms with E-state index in [1.54, 1.807) is 0 Å². The molecule has 0 radical (unpaired) electrons. The Kier molecular flexibility index (Phi) is 5.63. The van der Waals surface area contributed by atoms with Gasteiger partial charge in [0.25, 0.3) is 0 Å². The van der Waals surface area contributed by atoms with Crippen LogP contribution in [0.1, 0.15) is 25.3 Å². The standard InChI is InChI=1S/C15H23NO3/c1-2-18-10-14(17)11-19-15-7-3-12(4-8-15)9-16-13-5-6-13/h3-4,7-8,13-14,16-17H,2,5-6,9-11H2,1H3. The predicted octanol–water partition coefficient (Wildman–Crippen LogP) is 1.71. The first-order valence-electron chi connectivity index (χ1n) is 6.99. The molecule has 1 aromatic carbocycles. The van der Waals surface area contributed by atoms with E-state index in [4.69, 9.17) is 9.47 Å². The maximum Gasteiger partial charge on any atom is 0.119 e. The van der Waals surface area contributed by atoms with Crippen LogP contribution < -0.4 is 10.1 Å². The van der Waals surface area contributed by atoms with E-state index in [9.17, 15) is 5.11 Å². The summed E-state index contributed by atoms with van der Waals surface area (Å²) in [5.41, 5.74) is 1.26. The fourth-order valence-electron chi connectivity index (χ4n) is 1.75. The molecule has 0 bridgehead atoms. The summed E-state index contributed by atoms with van der Waals surface area (Å²) in [6.45, 7) is 4.01. The SMILES string of the molecule is CCOCC(O)COc1ccc(CNC2CC2)cc1. The second-order valence-corrected chi connectivity index (χ2v) is 4.92. The Morgan fingerprint density at radius 1 is 1.26 bits per heavy atom. The van der Waals surface area contributed by atoms with Crippen molar-refractivity contribution in [3.63, 3.8) is 0 Å². The topological polar surface area (TPSA) is 50.7 Å². The lowest BCUT2D eigenvalue weighted by Crippen LogP contribution is -2.23. The van der Waals surface area contributed by atoms with Gasteiger partial charge >= 0.3 is 0 Å². The Balaban J connectivity index is 1.68. The molecule has 1 saturated carbocycles. The maximum absolute atomic E-state index is 9.59. The number of hydrogen-bond acceptors (Lipinski definition) is 4. The van der Waals surface area contributed by atoms with Gasteiger partial charge in [0, 0.05) is 19.2 Å². The number of aliphatic hydroxyl groups excluding tert-OH is 1. The summed E-state index contributed by atoms with van der Waals surface area (Å²) in [6.07, 6.45) is 2.04. The smallest absolute Gasteiger partial charge is 0.119 e. The second kappa shape index (κ2) is 7.48. The molecule has 0 saturated heterocycles. The number of rotatable bonds is 9. The van der Waals surface area contributed by atoms with E-state index >= 15 is 0 Å². The van der Waals surface area contributed by atoms with Crippen molar-refractivity contribution in [3.8, 4) is 5.75 Å². The summed E-state index contributed by atoms with van der Waals surface area (Å²) in [4.78, 5) is 0. The van der Waals surface area contributed by atoms with Crippen molar-refractivity contribution in [2.24, 2.45) is 0 Å². The predicted molar refractivity (Wildman–Crippen MR) is 74.3 cm³/mol. The van der Waals surface area contributed by atoms with E-state index in [1.165, 1.54) is 18.4 Å². The number of hydrogen-bond donors (Lipinski definition) is 2. The highest BCUT2D eigenvalue weighted by atomic mass is 16.5. The van der Waals surface area contributed by atoms with Crippen LogP contribution in [-0.2, 0) is 11.3 Å². The summed E-state index contributed by atoms with van der Waals surface area (Å²) in [5, 5.41) is 13.1. The molecule has 2 rings (SSSR count). The normalized spacial score (nSPS) is 16.3. The van der Waals surface area contributed by atoms with E-state index < -0.39 is 6.10 Å². The number of benzene rings is 1. The number of nitrogens with one attached hydrogen (secondary N) is 1. The van der Waals surface area contributed by atoms with Crippen molar-refractivity contribution in [2.45, 2.75) is 38.5 Å². The number of ether oxygens (including phenoxy) is 2. The van der Waals surface area contributed by atoms with Gasteiger partial charge in [-0.25, -0.2) is 0 Å². The molecular weight excluding hydrogens is 242 g/mol. The largest absolute Gasteiger partial charge is 0.491 e. The summed E-state index contributed by atoms with van der Waals surface area (Å²) in [5.74, 6) is 0.783. The van der Waals surface area contributed by atoms with E-state index in [-0.39, 0.29) is 6.61 Å². The van der Waals surface area contributed by atoms with Gasteiger partial charge in [-0.15, -0.1) is 0 Å². The highest BCUT2D eigenvalue weighted by Crippen LogP contribution is 2.20. The Morgan fingerprint density at radius 2 is 2.00 bits per heavy atom. The third kappa shape index (κ3) is 5.59. The summed E-state index contributed by atoms with van der Waals surface area (Å²) >= 11 is 0. The minimum absolute atomic E-state index is 0.264. The average Bonchev–Trinajstić information content (AvgIpc) is 3.26. The lowest BCUT2D eigenvalue weighted by Gasteiger charge is -2.12. The zero-order valence-corrected chi connectivity index (χ0v) is 11.5. The quantitative estimate of drug-likeness (QED) is 0.714. The van der Waals surface area contributed by atoms with Crippen LogP contribution >= 0.6 is 0 Å². The molecule has 1 fully saturated rings. The van der Waals surface area contributed by atoms with Crippen LogP contribution in [0.15, 0.2) is 24.3 Å². The molecule has 4 nitrogen and oxygen atoms in total. The van der Waals surface area contributed by atoms with Gasteiger partial charge in [-0.3, -0.25) is 0 Å². The maximum atomic E-state index is 9.59. The van der Waals surface area contributed by atoms with Crippen molar-refractivity contribution < 1.29 is 14.6 Å². The van der Waals surface area contributed by atoms with Gasteiger partial charge in [0.2, 0.25) is 0 Å². The Hall–Kier alpha value is -1.10. The third-order valence-electron chi connectivity index (χ3n) is 3.05. The molecule has 0 amide bonds. The minimum atomic E-state index is -0.573. The zero-order chi connectivity index (χ0) is 13.5. The molecule has 0 spiro atoms. The van der Waals surface area contributed by atoms with Crippen molar-refractivity contribution in [2.75, 3.05) is 19.8 Å². The molecule has 0 heterocycles. The van der Waals surface area contributed by atoms with Gasteiger partial charge in [0.15, 0.2) is 0 Å². The van der Waals surface area contributed by atoms with E-state index in [0.717, 1.165) is 18.3 Å². The van der Waals surface area contributed by atoms with Gasteiger partial charge in [-0.1, -0.05) is 12.1 Å². The van der Waals surface area contributed by atoms with Gasteiger partial charge in [-0.05, 0) is 37.5 Å². The van der Waals surface area contributed by atoms with Crippen molar-refractivity contribution in [1.82, 2.24) is 5.32 Å². The molecule has 1 aromatic rings. The van der Waals surface area contributed by atoms with Crippen molar-refractivity contribution >= 4 is 0 Å². The monoisotopic (exact) mass is 265 g/mol. The molecule has 0 aromatic heterocycles. The molecule has 19 heavy (non-hydrogen) atoms. The zero-order valence-electron chi connectivity index (χ0n) is 11.5. The Labute approximate surface area is 114 Å². The Morgan fingerprint density at radius 3 is 2.63 bits per heavy atom. The van der Waals surface area contributed by atoms with Gasteiger partial charge in [-0.2, -0.15) is 0 Å².